The van der Waals surface area contributed by atoms with Crippen LogP contribution in [0.1, 0.15) is 44.4 Å². The molecule has 0 N–H and O–H groups in total. The van der Waals surface area contributed by atoms with E-state index in [2.05, 4.69) is 91.5 Å². The summed E-state index contributed by atoms with van der Waals surface area (Å²) < 4.78 is 9.15. The van der Waals surface area contributed by atoms with E-state index < -0.39 is 5.60 Å². The van der Waals surface area contributed by atoms with E-state index in [1.807, 2.05) is 53.6 Å². The highest BCUT2D eigenvalue weighted by molar-refractivity contribution is 6.03. The van der Waals surface area contributed by atoms with Gasteiger partial charge < -0.3 is 14.5 Å². The summed E-state index contributed by atoms with van der Waals surface area (Å²) in [4.78, 5) is 18.5. The average Bonchev–Trinajstić information content (AvgIpc) is 3.38. The number of hydrogen-bond donors (Lipinski definition) is 0. The topological polar surface area (TPSA) is 37.7 Å². The molecule has 0 aliphatic carbocycles. The Kier molecular flexibility index (Phi) is 7.04. The number of nitrogens with zero attached hydrogens (tertiary/aromatic N) is 3. The number of rotatable bonds is 7. The lowest BCUT2D eigenvalue weighted by molar-refractivity contribution is 0.153. The van der Waals surface area contributed by atoms with Gasteiger partial charge in [-0.3, -0.25) is 4.57 Å². The van der Waals surface area contributed by atoms with Gasteiger partial charge in [-0.15, -0.1) is 0 Å². The Morgan fingerprint density at radius 1 is 0.707 bits per heavy atom. The quantitative estimate of drug-likeness (QED) is 0.208. The third kappa shape index (κ3) is 4.10. The SMILES string of the molecule is CCN(CC)C(=O)n1c2c(c3ccccc31)C(c1ccccc1)(c1ccc(N(CC)CC)cc1)Oc1ccccc1-2. The van der Waals surface area contributed by atoms with Crippen molar-refractivity contribution < 1.29 is 9.53 Å². The maximum atomic E-state index is 14.3. The van der Waals surface area contributed by atoms with Gasteiger partial charge >= 0.3 is 6.03 Å². The number of fused-ring (bicyclic) bond motifs is 5. The van der Waals surface area contributed by atoms with Crippen LogP contribution in [0, 0.1) is 0 Å². The summed E-state index contributed by atoms with van der Waals surface area (Å²) in [6.07, 6.45) is 0. The Labute approximate surface area is 242 Å². The fraction of sp³-hybridized carbons (Fsp3) is 0.250. The zero-order valence-corrected chi connectivity index (χ0v) is 24.3. The summed E-state index contributed by atoms with van der Waals surface area (Å²) in [6, 6.07) is 35.5. The third-order valence-corrected chi connectivity index (χ3v) is 8.44. The highest BCUT2D eigenvalue weighted by atomic mass is 16.5. The molecule has 0 fully saturated rings. The van der Waals surface area contributed by atoms with Gasteiger partial charge in [0.2, 0.25) is 0 Å². The largest absolute Gasteiger partial charge is 0.472 e. The molecule has 2 heterocycles. The van der Waals surface area contributed by atoms with E-state index in [1.165, 1.54) is 5.69 Å². The Morgan fingerprint density at radius 2 is 1.32 bits per heavy atom. The van der Waals surface area contributed by atoms with Crippen LogP contribution in [0.25, 0.3) is 22.2 Å². The van der Waals surface area contributed by atoms with Crippen molar-refractivity contribution in [1.29, 1.82) is 0 Å². The van der Waals surface area contributed by atoms with Gasteiger partial charge in [0.1, 0.15) is 5.75 Å². The van der Waals surface area contributed by atoms with Crippen LogP contribution in [-0.2, 0) is 5.60 Å². The first-order valence-electron chi connectivity index (χ1n) is 14.7. The van der Waals surface area contributed by atoms with Gasteiger partial charge in [-0.05, 0) is 58.0 Å². The number of carbonyl (C=O) groups is 1. The summed E-state index contributed by atoms with van der Waals surface area (Å²) in [5.74, 6) is 0.757. The molecule has 6 rings (SSSR count). The molecule has 1 aliphatic rings. The molecular formula is C36H37N3O2. The molecular weight excluding hydrogens is 506 g/mol. The lowest BCUT2D eigenvalue weighted by Gasteiger charge is -2.40. The third-order valence-electron chi connectivity index (χ3n) is 8.44. The number of ether oxygens (including phenoxy) is 1. The molecule has 0 spiro atoms. The molecule has 0 saturated carbocycles. The molecule has 1 unspecified atom stereocenters. The summed E-state index contributed by atoms with van der Waals surface area (Å²) in [5, 5.41) is 1.01. The number of hydrogen-bond acceptors (Lipinski definition) is 3. The number of anilines is 1. The molecule has 4 aromatic carbocycles. The first kappa shape index (κ1) is 26.7. The van der Waals surface area contributed by atoms with E-state index in [0.29, 0.717) is 13.1 Å². The van der Waals surface area contributed by atoms with Crippen LogP contribution in [-0.4, -0.2) is 41.7 Å². The summed E-state index contributed by atoms with van der Waals surface area (Å²) in [6.45, 7) is 11.6. The minimum absolute atomic E-state index is 0.0250. The molecule has 208 valence electrons. The van der Waals surface area contributed by atoms with Crippen LogP contribution in [0.4, 0.5) is 10.5 Å². The second-order valence-electron chi connectivity index (χ2n) is 10.4. The monoisotopic (exact) mass is 543 g/mol. The van der Waals surface area contributed by atoms with Crippen molar-refractivity contribution in [2.45, 2.75) is 33.3 Å². The van der Waals surface area contributed by atoms with Crippen LogP contribution in [0.15, 0.2) is 103 Å². The Bertz CT molecular complexity index is 1680. The van der Waals surface area contributed by atoms with Crippen LogP contribution in [0.3, 0.4) is 0 Å². The number of aromatic nitrogens is 1. The van der Waals surface area contributed by atoms with E-state index in [0.717, 1.165) is 57.7 Å². The van der Waals surface area contributed by atoms with Crippen LogP contribution >= 0.6 is 0 Å². The Hall–Kier alpha value is -4.51. The molecule has 0 bridgehead atoms. The van der Waals surface area contributed by atoms with Crippen molar-refractivity contribution in [1.82, 2.24) is 9.47 Å². The number of carbonyl (C=O) groups excluding carboxylic acids is 1. The molecule has 1 amide bonds. The van der Waals surface area contributed by atoms with Gasteiger partial charge in [-0.2, -0.15) is 0 Å². The van der Waals surface area contributed by atoms with Crippen molar-refractivity contribution >= 4 is 22.6 Å². The molecule has 41 heavy (non-hydrogen) atoms. The first-order valence-corrected chi connectivity index (χ1v) is 14.7. The predicted octanol–water partition coefficient (Wildman–Crippen LogP) is 8.15. The maximum absolute atomic E-state index is 14.3. The van der Waals surface area contributed by atoms with E-state index in [-0.39, 0.29) is 6.03 Å². The molecule has 5 nitrogen and oxygen atoms in total. The number of benzene rings is 4. The molecule has 1 aromatic heterocycles. The second-order valence-corrected chi connectivity index (χ2v) is 10.4. The van der Waals surface area contributed by atoms with Gasteiger partial charge in [0.25, 0.3) is 0 Å². The van der Waals surface area contributed by atoms with Gasteiger partial charge in [-0.25, -0.2) is 4.79 Å². The lowest BCUT2D eigenvalue weighted by Crippen LogP contribution is -2.40. The normalized spacial score (nSPS) is 15.6. The van der Waals surface area contributed by atoms with Crippen molar-refractivity contribution in [3.05, 3.63) is 120 Å². The van der Waals surface area contributed by atoms with Crippen molar-refractivity contribution in [2.75, 3.05) is 31.1 Å². The smallest absolute Gasteiger partial charge is 0.329 e. The molecule has 1 atom stereocenters. The first-order chi connectivity index (χ1) is 20.1. The van der Waals surface area contributed by atoms with Gasteiger partial charge in [0.15, 0.2) is 5.60 Å². The predicted molar refractivity (Wildman–Crippen MR) is 168 cm³/mol. The van der Waals surface area contributed by atoms with Gasteiger partial charge in [-0.1, -0.05) is 72.8 Å². The standard InChI is InChI=1S/C36H37N3O2/c1-5-37(6-2)28-24-22-27(23-25-28)36(26-16-10-9-11-17-26)33-29-18-12-14-20-31(29)39(35(40)38(7-3)8-4)34(33)30-19-13-15-21-32(30)41-36/h9-25H,5-8H2,1-4H3. The fourth-order valence-electron chi connectivity index (χ4n) is 6.39. The van der Waals surface area contributed by atoms with Gasteiger partial charge in [0.05, 0.1) is 11.2 Å². The highest BCUT2D eigenvalue weighted by Crippen LogP contribution is 2.55. The number of para-hydroxylation sites is 2. The molecule has 1 aliphatic heterocycles. The molecule has 0 radical (unpaired) electrons. The van der Waals surface area contributed by atoms with E-state index in [9.17, 15) is 4.79 Å². The van der Waals surface area contributed by atoms with Crippen molar-refractivity contribution in [3.8, 4) is 17.0 Å². The maximum Gasteiger partial charge on any atom is 0.329 e. The molecule has 5 heteroatoms. The fourth-order valence-corrected chi connectivity index (χ4v) is 6.39. The van der Waals surface area contributed by atoms with Crippen LogP contribution in [0.5, 0.6) is 5.75 Å². The lowest BCUT2D eigenvalue weighted by atomic mass is 9.76. The van der Waals surface area contributed by atoms with E-state index in [1.54, 1.807) is 0 Å². The average molecular weight is 544 g/mol. The highest BCUT2D eigenvalue weighted by Gasteiger charge is 2.48. The second kappa shape index (κ2) is 10.8. The zero-order chi connectivity index (χ0) is 28.6. The zero-order valence-electron chi connectivity index (χ0n) is 24.3. The van der Waals surface area contributed by atoms with Crippen LogP contribution < -0.4 is 9.64 Å². The Balaban J connectivity index is 1.74. The van der Waals surface area contributed by atoms with Crippen molar-refractivity contribution in [3.63, 3.8) is 0 Å². The van der Waals surface area contributed by atoms with Crippen molar-refractivity contribution in [2.24, 2.45) is 0 Å². The molecule has 5 aromatic rings. The minimum atomic E-state index is -0.971. The Morgan fingerprint density at radius 3 is 2.00 bits per heavy atom. The van der Waals surface area contributed by atoms with Gasteiger partial charge in [0, 0.05) is 59.5 Å². The minimum Gasteiger partial charge on any atom is -0.472 e. The number of amides is 1. The van der Waals surface area contributed by atoms with E-state index in [4.69, 9.17) is 4.74 Å². The van der Waals surface area contributed by atoms with Crippen LogP contribution in [0.2, 0.25) is 0 Å². The summed E-state index contributed by atoms with van der Waals surface area (Å²) in [5.41, 5.74) is 5.94. The molecule has 0 saturated heterocycles. The summed E-state index contributed by atoms with van der Waals surface area (Å²) >= 11 is 0. The van der Waals surface area contributed by atoms with E-state index >= 15 is 0 Å². The summed E-state index contributed by atoms with van der Waals surface area (Å²) in [7, 11) is 0.